The molecule has 0 bridgehead atoms. The summed E-state index contributed by atoms with van der Waals surface area (Å²) in [6.45, 7) is 6.35. The zero-order chi connectivity index (χ0) is 30.7. The normalized spacial score (nSPS) is 12.1. The number of fused-ring (bicyclic) bond motifs is 1. The standard InChI is InChI=1S/C32H32F4N2O4/c1-5-26(39)27-24-16-23(20-7-6-8-21(15-20)29(40)37-17-31(2,3)18-41-4)25(13-14-32(34,35)36)38-30(24)42-28(27)19-9-11-22(33)12-10-19/h6-12,15-16H,5,13-14,17-18H2,1-4H3,(H,37,40). The summed E-state index contributed by atoms with van der Waals surface area (Å²) in [5, 5.41) is 3.20. The van der Waals surface area contributed by atoms with Crippen LogP contribution in [-0.2, 0) is 11.2 Å². The molecule has 0 aliphatic rings. The minimum atomic E-state index is -4.43. The van der Waals surface area contributed by atoms with Crippen molar-refractivity contribution in [2.24, 2.45) is 5.41 Å². The highest BCUT2D eigenvalue weighted by molar-refractivity contribution is 6.12. The van der Waals surface area contributed by atoms with Gasteiger partial charge < -0.3 is 14.5 Å². The fraction of sp³-hybridized carbons (Fsp3) is 0.344. The van der Waals surface area contributed by atoms with Crippen LogP contribution in [0.15, 0.2) is 59.0 Å². The molecule has 0 fully saturated rings. The third-order valence-electron chi connectivity index (χ3n) is 6.81. The Kier molecular flexibility index (Phi) is 9.15. The van der Waals surface area contributed by atoms with Crippen LogP contribution in [0.25, 0.3) is 33.6 Å². The molecule has 2 aromatic carbocycles. The highest BCUT2D eigenvalue weighted by Gasteiger charge is 2.29. The van der Waals surface area contributed by atoms with Gasteiger partial charge in [-0.1, -0.05) is 32.9 Å². The second-order valence-corrected chi connectivity index (χ2v) is 10.9. The molecule has 0 atom stereocenters. The number of carbonyl (C=O) groups excluding carboxylic acids is 2. The van der Waals surface area contributed by atoms with Gasteiger partial charge in [0.1, 0.15) is 11.6 Å². The van der Waals surface area contributed by atoms with Crippen LogP contribution in [0.3, 0.4) is 0 Å². The summed E-state index contributed by atoms with van der Waals surface area (Å²) in [7, 11) is 1.58. The molecular weight excluding hydrogens is 552 g/mol. The largest absolute Gasteiger partial charge is 0.437 e. The number of benzene rings is 2. The molecule has 4 rings (SSSR count). The monoisotopic (exact) mass is 584 g/mol. The van der Waals surface area contributed by atoms with Crippen LogP contribution in [0.2, 0.25) is 0 Å². The number of amides is 1. The van der Waals surface area contributed by atoms with Crippen LogP contribution in [0.1, 0.15) is 60.0 Å². The number of furan rings is 1. The van der Waals surface area contributed by atoms with E-state index in [0.717, 1.165) is 0 Å². The van der Waals surface area contributed by atoms with Gasteiger partial charge in [0, 0.05) is 48.6 Å². The van der Waals surface area contributed by atoms with E-state index in [1.165, 1.54) is 24.3 Å². The number of alkyl halides is 3. The molecule has 0 saturated carbocycles. The van der Waals surface area contributed by atoms with E-state index in [1.807, 2.05) is 13.8 Å². The minimum Gasteiger partial charge on any atom is -0.437 e. The summed E-state index contributed by atoms with van der Waals surface area (Å²) in [6, 6.07) is 13.5. The van der Waals surface area contributed by atoms with Crippen LogP contribution in [0.5, 0.6) is 0 Å². The van der Waals surface area contributed by atoms with Gasteiger partial charge in [-0.05, 0) is 54.4 Å². The molecule has 4 aromatic rings. The summed E-state index contributed by atoms with van der Waals surface area (Å²) in [5.74, 6) is -0.930. The molecule has 0 unspecified atom stereocenters. The number of ketones is 1. The van der Waals surface area contributed by atoms with Crippen LogP contribution in [-0.4, -0.2) is 43.1 Å². The first-order chi connectivity index (χ1) is 19.8. The second kappa shape index (κ2) is 12.4. The van der Waals surface area contributed by atoms with Crippen LogP contribution < -0.4 is 5.32 Å². The molecule has 222 valence electrons. The highest BCUT2D eigenvalue weighted by Crippen LogP contribution is 2.38. The average Bonchev–Trinajstić information content (AvgIpc) is 3.32. The molecule has 0 aliphatic heterocycles. The van der Waals surface area contributed by atoms with Crippen LogP contribution in [0, 0.1) is 11.2 Å². The van der Waals surface area contributed by atoms with Gasteiger partial charge >= 0.3 is 6.18 Å². The van der Waals surface area contributed by atoms with Gasteiger partial charge in [0.25, 0.3) is 5.91 Å². The van der Waals surface area contributed by atoms with E-state index in [-0.39, 0.29) is 46.3 Å². The number of methoxy groups -OCH3 is 1. The molecule has 0 aliphatic carbocycles. The number of halogens is 4. The van der Waals surface area contributed by atoms with Gasteiger partial charge in [-0.2, -0.15) is 13.2 Å². The Labute approximate surface area is 241 Å². The number of aryl methyl sites for hydroxylation is 1. The van der Waals surface area contributed by atoms with Crippen molar-refractivity contribution < 1.29 is 36.3 Å². The first kappa shape index (κ1) is 30.9. The smallest absolute Gasteiger partial charge is 0.389 e. The molecule has 2 heterocycles. The number of pyridine rings is 1. The van der Waals surface area contributed by atoms with Crippen molar-refractivity contribution >= 4 is 22.8 Å². The average molecular weight is 585 g/mol. The van der Waals surface area contributed by atoms with Crippen molar-refractivity contribution in [3.05, 3.63) is 77.2 Å². The Morgan fingerprint density at radius 1 is 1.02 bits per heavy atom. The Morgan fingerprint density at radius 2 is 1.74 bits per heavy atom. The molecular formula is C32H32F4N2O4. The lowest BCUT2D eigenvalue weighted by atomic mass is 9.94. The minimum absolute atomic E-state index is 0.00122. The predicted octanol–water partition coefficient (Wildman–Crippen LogP) is 7.79. The molecule has 6 nitrogen and oxygen atoms in total. The summed E-state index contributed by atoms with van der Waals surface area (Å²) in [6.07, 6.45) is -5.88. The Hall–Kier alpha value is -4.05. The second-order valence-electron chi connectivity index (χ2n) is 10.9. The van der Waals surface area contributed by atoms with Crippen molar-refractivity contribution in [3.63, 3.8) is 0 Å². The molecule has 42 heavy (non-hydrogen) atoms. The molecule has 10 heteroatoms. The van der Waals surface area contributed by atoms with E-state index in [0.29, 0.717) is 40.8 Å². The molecule has 2 aromatic heterocycles. The quantitative estimate of drug-likeness (QED) is 0.144. The molecule has 0 radical (unpaired) electrons. The SMILES string of the molecule is CCC(=O)c1c(-c2ccc(F)cc2)oc2nc(CCC(F)(F)F)c(-c3cccc(C(=O)NCC(C)(C)COC)c3)cc12. The van der Waals surface area contributed by atoms with Gasteiger partial charge in [-0.15, -0.1) is 0 Å². The number of nitrogens with one attached hydrogen (secondary N) is 1. The van der Waals surface area contributed by atoms with Crippen molar-refractivity contribution in [2.45, 2.75) is 46.2 Å². The van der Waals surface area contributed by atoms with E-state index < -0.39 is 24.8 Å². The summed E-state index contributed by atoms with van der Waals surface area (Å²) < 4.78 is 64.6. The fourth-order valence-corrected chi connectivity index (χ4v) is 4.71. The maximum absolute atomic E-state index is 13.6. The highest BCUT2D eigenvalue weighted by atomic mass is 19.4. The van der Waals surface area contributed by atoms with Crippen molar-refractivity contribution in [1.29, 1.82) is 0 Å². The van der Waals surface area contributed by atoms with Crippen LogP contribution >= 0.6 is 0 Å². The Bertz CT molecular complexity index is 1590. The zero-order valence-corrected chi connectivity index (χ0v) is 23.8. The number of Topliss-reactive ketones (excluding diaryl/α,β-unsaturated/α-hetero) is 1. The number of ether oxygens (including phenoxy) is 1. The lowest BCUT2D eigenvalue weighted by molar-refractivity contribution is -0.134. The Balaban J connectivity index is 1.84. The molecule has 1 N–H and O–H groups in total. The third-order valence-corrected chi connectivity index (χ3v) is 6.81. The number of aromatic nitrogens is 1. The Morgan fingerprint density at radius 3 is 2.38 bits per heavy atom. The van der Waals surface area contributed by atoms with Crippen molar-refractivity contribution in [3.8, 4) is 22.5 Å². The molecule has 0 saturated heterocycles. The van der Waals surface area contributed by atoms with Crippen molar-refractivity contribution in [1.82, 2.24) is 10.3 Å². The predicted molar refractivity (Wildman–Crippen MR) is 152 cm³/mol. The van der Waals surface area contributed by atoms with E-state index in [4.69, 9.17) is 9.15 Å². The van der Waals surface area contributed by atoms with E-state index in [9.17, 15) is 27.2 Å². The zero-order valence-electron chi connectivity index (χ0n) is 23.8. The number of hydrogen-bond donors (Lipinski definition) is 1. The maximum atomic E-state index is 13.6. The lowest BCUT2D eigenvalue weighted by Crippen LogP contribution is -2.36. The number of hydrogen-bond acceptors (Lipinski definition) is 5. The topological polar surface area (TPSA) is 81.4 Å². The van der Waals surface area contributed by atoms with Gasteiger partial charge in [0.2, 0.25) is 5.71 Å². The fourth-order valence-electron chi connectivity index (χ4n) is 4.71. The number of nitrogens with zero attached hydrogens (tertiary/aromatic N) is 1. The first-order valence-electron chi connectivity index (χ1n) is 13.5. The maximum Gasteiger partial charge on any atom is 0.389 e. The van der Waals surface area contributed by atoms with Crippen LogP contribution in [0.4, 0.5) is 17.6 Å². The summed E-state index contributed by atoms with van der Waals surface area (Å²) >= 11 is 0. The van der Waals surface area contributed by atoms with E-state index >= 15 is 0 Å². The first-order valence-corrected chi connectivity index (χ1v) is 13.5. The molecule has 1 amide bonds. The van der Waals surface area contributed by atoms with Gasteiger partial charge in [0.15, 0.2) is 5.78 Å². The van der Waals surface area contributed by atoms with Gasteiger partial charge in [0.05, 0.1) is 23.3 Å². The van der Waals surface area contributed by atoms with Gasteiger partial charge in [-0.3, -0.25) is 9.59 Å². The number of rotatable bonds is 11. The summed E-state index contributed by atoms with van der Waals surface area (Å²) in [4.78, 5) is 30.6. The van der Waals surface area contributed by atoms with E-state index in [2.05, 4.69) is 10.3 Å². The third kappa shape index (κ3) is 7.23. The number of carbonyl (C=O) groups is 2. The van der Waals surface area contributed by atoms with E-state index in [1.54, 1.807) is 44.4 Å². The van der Waals surface area contributed by atoms with Gasteiger partial charge in [-0.25, -0.2) is 9.37 Å². The molecule has 0 spiro atoms. The summed E-state index contributed by atoms with van der Waals surface area (Å²) in [5.41, 5.74) is 1.56. The van der Waals surface area contributed by atoms with Crippen molar-refractivity contribution in [2.75, 3.05) is 20.3 Å². The lowest BCUT2D eigenvalue weighted by Gasteiger charge is -2.23.